The molecule has 3 heteroatoms. The Bertz CT molecular complexity index is 363. The molecule has 2 N–H and O–H groups in total. The zero-order valence-corrected chi connectivity index (χ0v) is 9.90. The molecule has 2 rings (SSSR count). The van der Waals surface area contributed by atoms with Crippen LogP contribution in [0.5, 0.6) is 11.5 Å². The van der Waals surface area contributed by atoms with Gasteiger partial charge in [0.15, 0.2) is 11.5 Å². The molecule has 1 aliphatic heterocycles. The van der Waals surface area contributed by atoms with Crippen molar-refractivity contribution in [1.82, 2.24) is 0 Å². The average Bonchev–Trinajstić information content (AvgIpc) is 2.51. The highest BCUT2D eigenvalue weighted by molar-refractivity contribution is 5.44. The molecule has 3 nitrogen and oxygen atoms in total. The first-order valence-corrected chi connectivity index (χ1v) is 5.83. The van der Waals surface area contributed by atoms with Gasteiger partial charge in [-0.05, 0) is 23.6 Å². The van der Waals surface area contributed by atoms with Gasteiger partial charge in [-0.15, -0.1) is 0 Å². The first kappa shape index (κ1) is 11.3. The van der Waals surface area contributed by atoms with E-state index in [1.54, 1.807) is 0 Å². The second kappa shape index (κ2) is 4.74. The van der Waals surface area contributed by atoms with Gasteiger partial charge in [-0.1, -0.05) is 19.9 Å². The lowest BCUT2D eigenvalue weighted by Crippen LogP contribution is -2.16. The van der Waals surface area contributed by atoms with Crippen molar-refractivity contribution < 1.29 is 9.47 Å². The van der Waals surface area contributed by atoms with Gasteiger partial charge in [0.1, 0.15) is 0 Å². The molecule has 0 aliphatic carbocycles. The van der Waals surface area contributed by atoms with Crippen LogP contribution < -0.4 is 15.2 Å². The van der Waals surface area contributed by atoms with Crippen LogP contribution in [0.3, 0.4) is 0 Å². The Balaban J connectivity index is 2.27. The molecule has 1 aliphatic rings. The maximum absolute atomic E-state index is 6.11. The lowest BCUT2D eigenvalue weighted by molar-refractivity contribution is 0.297. The lowest BCUT2D eigenvalue weighted by atomic mass is 9.97. The predicted molar refractivity (Wildman–Crippen MR) is 63.8 cm³/mol. The predicted octanol–water partition coefficient (Wildman–Crippen LogP) is 2.50. The summed E-state index contributed by atoms with van der Waals surface area (Å²) in [4.78, 5) is 0. The second-order valence-electron chi connectivity index (χ2n) is 4.53. The second-order valence-corrected chi connectivity index (χ2v) is 4.53. The van der Waals surface area contributed by atoms with E-state index in [1.165, 1.54) is 0 Å². The van der Waals surface area contributed by atoms with Crippen molar-refractivity contribution in [3.05, 3.63) is 23.8 Å². The van der Waals surface area contributed by atoms with Crippen LogP contribution in [0, 0.1) is 5.92 Å². The highest BCUT2D eigenvalue weighted by atomic mass is 16.5. The minimum Gasteiger partial charge on any atom is -0.490 e. The molecule has 0 saturated carbocycles. The van der Waals surface area contributed by atoms with Gasteiger partial charge in [-0.3, -0.25) is 0 Å². The van der Waals surface area contributed by atoms with E-state index in [0.717, 1.165) is 30.1 Å². The number of hydrogen-bond donors (Lipinski definition) is 1. The molecule has 1 aromatic carbocycles. The van der Waals surface area contributed by atoms with Crippen molar-refractivity contribution in [2.24, 2.45) is 11.7 Å². The van der Waals surface area contributed by atoms with Gasteiger partial charge in [-0.25, -0.2) is 0 Å². The van der Waals surface area contributed by atoms with Gasteiger partial charge in [0.25, 0.3) is 0 Å². The normalized spacial score (nSPS) is 17.0. The SMILES string of the molecule is CC(C)C(N)c1ccc2c(c1)OCCCO2. The molecule has 1 heterocycles. The summed E-state index contributed by atoms with van der Waals surface area (Å²) in [5.74, 6) is 2.08. The molecule has 0 radical (unpaired) electrons. The Hall–Kier alpha value is -1.22. The van der Waals surface area contributed by atoms with Gasteiger partial charge < -0.3 is 15.2 Å². The molecule has 1 aromatic rings. The number of benzene rings is 1. The fourth-order valence-corrected chi connectivity index (χ4v) is 1.77. The Morgan fingerprint density at radius 2 is 1.81 bits per heavy atom. The highest BCUT2D eigenvalue weighted by Gasteiger charge is 2.15. The minimum absolute atomic E-state index is 0.0529. The standard InChI is InChI=1S/C13H19NO2/c1-9(2)13(14)10-4-5-11-12(8-10)16-7-3-6-15-11/h4-5,8-9,13H,3,6-7,14H2,1-2H3. The molecule has 0 spiro atoms. The largest absolute Gasteiger partial charge is 0.490 e. The number of hydrogen-bond acceptors (Lipinski definition) is 3. The summed E-state index contributed by atoms with van der Waals surface area (Å²) < 4.78 is 11.2. The summed E-state index contributed by atoms with van der Waals surface area (Å²) in [6.07, 6.45) is 0.931. The molecular formula is C13H19NO2. The van der Waals surface area contributed by atoms with E-state index >= 15 is 0 Å². The third-order valence-electron chi connectivity index (χ3n) is 2.87. The molecular weight excluding hydrogens is 202 g/mol. The zero-order valence-electron chi connectivity index (χ0n) is 9.90. The van der Waals surface area contributed by atoms with Crippen LogP contribution in [-0.2, 0) is 0 Å². The van der Waals surface area contributed by atoms with E-state index in [1.807, 2.05) is 18.2 Å². The van der Waals surface area contributed by atoms with Gasteiger partial charge in [-0.2, -0.15) is 0 Å². The zero-order chi connectivity index (χ0) is 11.5. The van der Waals surface area contributed by atoms with Crippen LogP contribution in [0.4, 0.5) is 0 Å². The molecule has 0 fully saturated rings. The van der Waals surface area contributed by atoms with Crippen molar-refractivity contribution in [2.75, 3.05) is 13.2 Å². The summed E-state index contributed by atoms with van der Waals surface area (Å²) in [5, 5.41) is 0. The lowest BCUT2D eigenvalue weighted by Gasteiger charge is -2.17. The van der Waals surface area contributed by atoms with E-state index in [2.05, 4.69) is 13.8 Å². The summed E-state index contributed by atoms with van der Waals surface area (Å²) in [5.41, 5.74) is 7.22. The van der Waals surface area contributed by atoms with Crippen LogP contribution in [0.25, 0.3) is 0 Å². The number of ether oxygens (including phenoxy) is 2. The smallest absolute Gasteiger partial charge is 0.161 e. The third-order valence-corrected chi connectivity index (χ3v) is 2.87. The molecule has 0 bridgehead atoms. The van der Waals surface area contributed by atoms with Crippen LogP contribution in [0.2, 0.25) is 0 Å². The van der Waals surface area contributed by atoms with Crippen molar-refractivity contribution in [2.45, 2.75) is 26.3 Å². The Labute approximate surface area is 96.5 Å². The minimum atomic E-state index is 0.0529. The molecule has 0 saturated heterocycles. The van der Waals surface area contributed by atoms with Gasteiger partial charge >= 0.3 is 0 Å². The number of nitrogens with two attached hydrogens (primary N) is 1. The van der Waals surface area contributed by atoms with Crippen LogP contribution in [-0.4, -0.2) is 13.2 Å². The summed E-state index contributed by atoms with van der Waals surface area (Å²) in [6.45, 7) is 5.68. The summed E-state index contributed by atoms with van der Waals surface area (Å²) in [6, 6.07) is 6.04. The molecule has 0 aromatic heterocycles. The van der Waals surface area contributed by atoms with Crippen LogP contribution in [0.1, 0.15) is 31.9 Å². The maximum Gasteiger partial charge on any atom is 0.161 e. The van der Waals surface area contributed by atoms with E-state index in [-0.39, 0.29) is 6.04 Å². The molecule has 1 atom stereocenters. The number of rotatable bonds is 2. The first-order chi connectivity index (χ1) is 7.68. The Kier molecular flexibility index (Phi) is 3.34. The summed E-state index contributed by atoms with van der Waals surface area (Å²) >= 11 is 0. The van der Waals surface area contributed by atoms with Crippen LogP contribution in [0.15, 0.2) is 18.2 Å². The molecule has 88 valence electrons. The van der Waals surface area contributed by atoms with Gasteiger partial charge in [0, 0.05) is 12.5 Å². The van der Waals surface area contributed by atoms with Gasteiger partial charge in [0.05, 0.1) is 13.2 Å². The van der Waals surface area contributed by atoms with Crippen molar-refractivity contribution in [3.8, 4) is 11.5 Å². The van der Waals surface area contributed by atoms with E-state index < -0.39 is 0 Å². The molecule has 16 heavy (non-hydrogen) atoms. The quantitative estimate of drug-likeness (QED) is 0.834. The van der Waals surface area contributed by atoms with E-state index in [9.17, 15) is 0 Å². The average molecular weight is 221 g/mol. The fourth-order valence-electron chi connectivity index (χ4n) is 1.77. The Morgan fingerprint density at radius 3 is 2.50 bits per heavy atom. The highest BCUT2D eigenvalue weighted by Crippen LogP contribution is 2.33. The first-order valence-electron chi connectivity index (χ1n) is 5.83. The van der Waals surface area contributed by atoms with Crippen molar-refractivity contribution in [3.63, 3.8) is 0 Å². The van der Waals surface area contributed by atoms with E-state index in [0.29, 0.717) is 12.5 Å². The molecule has 1 unspecified atom stereocenters. The summed E-state index contributed by atoms with van der Waals surface area (Å²) in [7, 11) is 0. The molecule has 0 amide bonds. The maximum atomic E-state index is 6.11. The number of fused-ring (bicyclic) bond motifs is 1. The van der Waals surface area contributed by atoms with Crippen LogP contribution >= 0.6 is 0 Å². The van der Waals surface area contributed by atoms with Gasteiger partial charge in [0.2, 0.25) is 0 Å². The third kappa shape index (κ3) is 2.30. The topological polar surface area (TPSA) is 44.5 Å². The van der Waals surface area contributed by atoms with Crippen molar-refractivity contribution >= 4 is 0 Å². The van der Waals surface area contributed by atoms with E-state index in [4.69, 9.17) is 15.2 Å². The fraction of sp³-hybridized carbons (Fsp3) is 0.538. The van der Waals surface area contributed by atoms with Crippen molar-refractivity contribution in [1.29, 1.82) is 0 Å². The Morgan fingerprint density at radius 1 is 1.12 bits per heavy atom. The monoisotopic (exact) mass is 221 g/mol.